The maximum absolute atomic E-state index is 13.4. The van der Waals surface area contributed by atoms with Gasteiger partial charge in [-0.15, -0.1) is 0 Å². The molecule has 10 heteroatoms. The van der Waals surface area contributed by atoms with Crippen LogP contribution in [0.1, 0.15) is 51.1 Å². The fourth-order valence-corrected chi connectivity index (χ4v) is 5.93. The van der Waals surface area contributed by atoms with Gasteiger partial charge in [-0.3, -0.25) is 9.59 Å². The minimum absolute atomic E-state index is 0.0286. The molecule has 3 aliphatic heterocycles. The van der Waals surface area contributed by atoms with Gasteiger partial charge < -0.3 is 24.0 Å². The van der Waals surface area contributed by atoms with Crippen LogP contribution < -0.4 is 4.74 Å². The van der Waals surface area contributed by atoms with E-state index in [1.165, 1.54) is 18.9 Å². The Hall–Kier alpha value is -3.27. The number of para-hydroxylation sites is 1. The van der Waals surface area contributed by atoms with Crippen LogP contribution in [0.25, 0.3) is 0 Å². The number of thioether (sulfide) groups is 1. The third kappa shape index (κ3) is 5.39. The maximum Gasteiger partial charge on any atom is 0.338 e. The molecule has 0 radical (unpaired) electrons. The zero-order chi connectivity index (χ0) is 26.5. The van der Waals surface area contributed by atoms with Gasteiger partial charge in [-0.05, 0) is 37.7 Å². The molecule has 1 aromatic rings. The molecule has 1 atom stereocenters. The Balaban J connectivity index is 1.60. The number of amidine groups is 1. The number of amides is 1. The molecule has 0 aromatic heterocycles. The molecule has 4 rings (SSSR count). The summed E-state index contributed by atoms with van der Waals surface area (Å²) in [5.74, 6) is -0.208. The summed E-state index contributed by atoms with van der Waals surface area (Å²) in [7, 11) is 2.96. The molecule has 198 valence electrons. The van der Waals surface area contributed by atoms with Crippen molar-refractivity contribution in [1.29, 1.82) is 0 Å². The van der Waals surface area contributed by atoms with E-state index in [4.69, 9.17) is 19.2 Å². The molecule has 1 fully saturated rings. The third-order valence-corrected chi connectivity index (χ3v) is 7.75. The van der Waals surface area contributed by atoms with Crippen molar-refractivity contribution in [3.63, 3.8) is 0 Å². The number of nitrogens with zero attached hydrogens (tertiary/aromatic N) is 3. The Kier molecular flexibility index (Phi) is 8.58. The van der Waals surface area contributed by atoms with Crippen LogP contribution in [0.5, 0.6) is 5.75 Å². The van der Waals surface area contributed by atoms with E-state index in [2.05, 4.69) is 0 Å². The molecule has 3 aliphatic rings. The van der Waals surface area contributed by atoms with Crippen molar-refractivity contribution in [1.82, 2.24) is 9.80 Å². The predicted octanol–water partition coefficient (Wildman–Crippen LogP) is 4.03. The van der Waals surface area contributed by atoms with Crippen LogP contribution in [0.3, 0.4) is 0 Å². The van der Waals surface area contributed by atoms with Crippen LogP contribution in [0.15, 0.2) is 51.6 Å². The largest absolute Gasteiger partial charge is 0.496 e. The van der Waals surface area contributed by atoms with Gasteiger partial charge in [0.15, 0.2) is 5.17 Å². The SMILES string of the molecule is CCOC(=O)C1CCN(C(=O)CC2=CSC3=NC(CC)=C(C(=O)OC)[C@H](c4ccccc4OC)N23)CC1. The molecule has 0 N–H and O–H groups in total. The lowest BCUT2D eigenvalue weighted by Gasteiger charge is -2.37. The lowest BCUT2D eigenvalue weighted by atomic mass is 9.92. The lowest BCUT2D eigenvalue weighted by molar-refractivity contribution is -0.151. The molecule has 0 spiro atoms. The highest BCUT2D eigenvalue weighted by molar-refractivity contribution is 8.16. The maximum atomic E-state index is 13.4. The molecule has 0 aliphatic carbocycles. The molecule has 1 amide bonds. The monoisotopic (exact) mass is 527 g/mol. The normalized spacial score (nSPS) is 19.7. The first-order valence-corrected chi connectivity index (χ1v) is 13.4. The summed E-state index contributed by atoms with van der Waals surface area (Å²) in [5.41, 5.74) is 2.64. The van der Waals surface area contributed by atoms with E-state index in [-0.39, 0.29) is 24.2 Å². The Morgan fingerprint density at radius 1 is 1.11 bits per heavy atom. The van der Waals surface area contributed by atoms with Crippen molar-refractivity contribution in [3.8, 4) is 5.75 Å². The molecular formula is C27H33N3O6S. The molecule has 3 heterocycles. The second-order valence-electron chi connectivity index (χ2n) is 8.93. The first-order valence-electron chi connectivity index (χ1n) is 12.6. The van der Waals surface area contributed by atoms with E-state index < -0.39 is 12.0 Å². The molecule has 0 bridgehead atoms. The van der Waals surface area contributed by atoms with Crippen molar-refractivity contribution in [2.75, 3.05) is 33.9 Å². The number of methoxy groups -OCH3 is 2. The number of hydrogen-bond acceptors (Lipinski definition) is 9. The highest BCUT2D eigenvalue weighted by Crippen LogP contribution is 2.47. The fraction of sp³-hybridized carbons (Fsp3) is 0.481. The summed E-state index contributed by atoms with van der Waals surface area (Å²) in [6.07, 6.45) is 1.89. The highest BCUT2D eigenvalue weighted by Gasteiger charge is 2.43. The first kappa shape index (κ1) is 26.8. The molecule has 1 saturated heterocycles. The number of hydrogen-bond donors (Lipinski definition) is 0. The number of carbonyl (C=O) groups is 3. The Morgan fingerprint density at radius 2 is 1.84 bits per heavy atom. The molecule has 9 nitrogen and oxygen atoms in total. The number of carbonyl (C=O) groups excluding carboxylic acids is 3. The third-order valence-electron chi connectivity index (χ3n) is 6.86. The number of allylic oxidation sites excluding steroid dienone is 1. The second-order valence-corrected chi connectivity index (χ2v) is 9.76. The van der Waals surface area contributed by atoms with E-state index in [1.54, 1.807) is 18.9 Å². The van der Waals surface area contributed by atoms with Crippen LogP contribution in [0.2, 0.25) is 0 Å². The minimum atomic E-state index is -0.547. The van der Waals surface area contributed by atoms with E-state index >= 15 is 0 Å². The van der Waals surface area contributed by atoms with Gasteiger partial charge in [0.25, 0.3) is 0 Å². The summed E-state index contributed by atoms with van der Waals surface area (Å²) < 4.78 is 16.0. The zero-order valence-electron chi connectivity index (χ0n) is 21.7. The number of aliphatic imine (C=N–C) groups is 1. The summed E-state index contributed by atoms with van der Waals surface area (Å²) >= 11 is 1.44. The van der Waals surface area contributed by atoms with Gasteiger partial charge in [-0.1, -0.05) is 36.9 Å². The van der Waals surface area contributed by atoms with E-state index in [0.717, 1.165) is 11.3 Å². The Bertz CT molecular complexity index is 1150. The number of likely N-dealkylation sites (tertiary alicyclic amines) is 1. The van der Waals surface area contributed by atoms with Gasteiger partial charge in [-0.2, -0.15) is 0 Å². The number of ether oxygens (including phenoxy) is 3. The quantitative estimate of drug-likeness (QED) is 0.468. The summed E-state index contributed by atoms with van der Waals surface area (Å²) in [6, 6.07) is 7.00. The predicted molar refractivity (Wildman–Crippen MR) is 141 cm³/mol. The summed E-state index contributed by atoms with van der Waals surface area (Å²) in [4.78, 5) is 47.0. The van der Waals surface area contributed by atoms with Crippen molar-refractivity contribution < 1.29 is 28.6 Å². The summed E-state index contributed by atoms with van der Waals surface area (Å²) in [5, 5.41) is 2.64. The standard InChI is InChI=1S/C27H33N3O6S/c1-5-20-23(26(33)35-4)24(19-9-7-8-10-21(19)34-3)30-18(16-37-27(30)28-20)15-22(31)29-13-11-17(12-14-29)25(32)36-6-2/h7-10,16-17,24H,5-6,11-15H2,1-4H3/t24-/m0/s1. The molecular weight excluding hydrogens is 494 g/mol. The smallest absolute Gasteiger partial charge is 0.338 e. The van der Waals surface area contributed by atoms with Crippen LogP contribution in [0, 0.1) is 5.92 Å². The summed E-state index contributed by atoms with van der Waals surface area (Å²) in [6.45, 7) is 5.12. The van der Waals surface area contributed by atoms with E-state index in [9.17, 15) is 14.4 Å². The number of esters is 2. The highest BCUT2D eigenvalue weighted by atomic mass is 32.2. The second kappa shape index (κ2) is 11.9. The molecule has 0 unspecified atom stereocenters. The van der Waals surface area contributed by atoms with Gasteiger partial charge in [0.2, 0.25) is 5.91 Å². The fourth-order valence-electron chi connectivity index (χ4n) is 4.99. The number of fused-ring (bicyclic) bond motifs is 1. The average molecular weight is 528 g/mol. The topological polar surface area (TPSA) is 97.7 Å². The van der Waals surface area contributed by atoms with Crippen molar-refractivity contribution in [2.24, 2.45) is 10.9 Å². The lowest BCUT2D eigenvalue weighted by Crippen LogP contribution is -2.42. The molecule has 37 heavy (non-hydrogen) atoms. The number of benzene rings is 1. The molecule has 0 saturated carbocycles. The van der Waals surface area contributed by atoms with Crippen LogP contribution >= 0.6 is 11.8 Å². The minimum Gasteiger partial charge on any atom is -0.496 e. The van der Waals surface area contributed by atoms with Crippen molar-refractivity contribution in [3.05, 3.63) is 52.2 Å². The van der Waals surface area contributed by atoms with E-state index in [1.807, 2.05) is 41.5 Å². The van der Waals surface area contributed by atoms with Gasteiger partial charge in [0.05, 0.1) is 50.5 Å². The number of rotatable bonds is 8. The van der Waals surface area contributed by atoms with Gasteiger partial charge >= 0.3 is 11.9 Å². The zero-order valence-corrected chi connectivity index (χ0v) is 22.5. The van der Waals surface area contributed by atoms with Crippen LogP contribution in [0.4, 0.5) is 0 Å². The van der Waals surface area contributed by atoms with Crippen molar-refractivity contribution in [2.45, 2.75) is 45.6 Å². The van der Waals surface area contributed by atoms with Crippen LogP contribution in [-0.4, -0.2) is 66.7 Å². The first-order chi connectivity index (χ1) is 17.9. The van der Waals surface area contributed by atoms with Gasteiger partial charge in [0.1, 0.15) is 5.75 Å². The van der Waals surface area contributed by atoms with E-state index in [0.29, 0.717) is 61.1 Å². The van der Waals surface area contributed by atoms with Crippen LogP contribution in [-0.2, 0) is 23.9 Å². The molecule has 1 aromatic carbocycles. The van der Waals surface area contributed by atoms with Gasteiger partial charge in [0, 0.05) is 24.4 Å². The number of piperidine rings is 1. The van der Waals surface area contributed by atoms with Gasteiger partial charge in [-0.25, -0.2) is 9.79 Å². The van der Waals surface area contributed by atoms with Crippen molar-refractivity contribution >= 4 is 34.8 Å². The Labute approximate surface area is 221 Å². The Morgan fingerprint density at radius 3 is 2.49 bits per heavy atom. The average Bonchev–Trinajstić information content (AvgIpc) is 3.33.